The Morgan fingerprint density at radius 1 is 0.721 bits per heavy atom. The Morgan fingerprint density at radius 2 is 1.21 bits per heavy atom. The largest absolute Gasteiger partial charge is 0.498 e. The van der Waals surface area contributed by atoms with Crippen molar-refractivity contribution in [3.63, 3.8) is 0 Å². The van der Waals surface area contributed by atoms with Gasteiger partial charge < -0.3 is 18.9 Å². The van der Waals surface area contributed by atoms with E-state index in [4.69, 9.17) is 18.5 Å². The summed E-state index contributed by atoms with van der Waals surface area (Å²) in [7, 11) is 1.64. The van der Waals surface area contributed by atoms with Crippen LogP contribution in [0.4, 0.5) is 0 Å². The summed E-state index contributed by atoms with van der Waals surface area (Å²) < 4.78 is 34.4. The van der Waals surface area contributed by atoms with Crippen molar-refractivity contribution in [2.75, 3.05) is 47.5 Å². The number of phosphoric ester groups is 1. The molecule has 9 heteroatoms. The molecule has 0 aliphatic rings. The number of ether oxygens (including phenoxy) is 2. The molecule has 0 aromatic rings. The molecule has 43 heavy (non-hydrogen) atoms. The molecule has 0 aromatic carbocycles. The third kappa shape index (κ3) is 32.3. The fourth-order valence-corrected chi connectivity index (χ4v) is 5.38. The molecule has 0 spiro atoms. The minimum atomic E-state index is -4.27. The monoisotopic (exact) mass is 634 g/mol. The van der Waals surface area contributed by atoms with Gasteiger partial charge in [0.15, 0.2) is 6.10 Å². The highest BCUT2D eigenvalue weighted by atomic mass is 31.2. The number of hydrogen-bond acceptors (Lipinski definition) is 6. The zero-order valence-corrected chi connectivity index (χ0v) is 29.6. The molecule has 0 heterocycles. The van der Waals surface area contributed by atoms with Crippen molar-refractivity contribution in [2.24, 2.45) is 0 Å². The van der Waals surface area contributed by atoms with Gasteiger partial charge in [-0.25, -0.2) is 4.57 Å². The number of quaternary nitrogens is 1. The average Bonchev–Trinajstić information content (AvgIpc) is 2.94. The van der Waals surface area contributed by atoms with Crippen molar-refractivity contribution in [2.45, 2.75) is 155 Å². The Bertz CT molecular complexity index is 711. The summed E-state index contributed by atoms with van der Waals surface area (Å²) >= 11 is 0. The Kier molecular flexibility index (Phi) is 27.9. The maximum atomic E-state index is 12.5. The highest BCUT2D eigenvalue weighted by Gasteiger charge is 2.26. The number of allylic oxidation sites excluding steroid dienone is 1. The van der Waals surface area contributed by atoms with Crippen LogP contribution < -0.4 is 0 Å². The van der Waals surface area contributed by atoms with Gasteiger partial charge >= 0.3 is 13.8 Å². The number of likely N-dealkylation sites (N-methyl/N-ethyl adjacent to an activating group) is 1. The lowest BCUT2D eigenvalue weighted by atomic mass is 10.0. The summed E-state index contributed by atoms with van der Waals surface area (Å²) in [5.41, 5.74) is 0. The van der Waals surface area contributed by atoms with Crippen molar-refractivity contribution in [1.29, 1.82) is 0 Å². The van der Waals surface area contributed by atoms with E-state index in [1.165, 1.54) is 96.3 Å². The SMILES string of the molecule is CCCCCCCCCCCCCC/C=C/OC[C@@H](COP(=O)(O)OCC[N+](C)(C)C)OC(=O)CCCCCCCCC. The normalized spacial score (nSPS) is 14.2. The first-order valence-corrected chi connectivity index (χ1v) is 19.0. The minimum Gasteiger partial charge on any atom is -0.498 e. The molecule has 0 aliphatic heterocycles. The molecule has 0 amide bonds. The lowest BCUT2D eigenvalue weighted by Gasteiger charge is -2.24. The first-order valence-electron chi connectivity index (χ1n) is 17.5. The van der Waals surface area contributed by atoms with Gasteiger partial charge in [-0.1, -0.05) is 123 Å². The lowest BCUT2D eigenvalue weighted by Crippen LogP contribution is -2.37. The van der Waals surface area contributed by atoms with Crippen LogP contribution in [0.3, 0.4) is 0 Å². The van der Waals surface area contributed by atoms with Crippen LogP contribution in [-0.2, 0) is 27.9 Å². The summed E-state index contributed by atoms with van der Waals surface area (Å²) in [4.78, 5) is 22.5. The van der Waals surface area contributed by atoms with Gasteiger partial charge in [0, 0.05) is 6.42 Å². The third-order valence-corrected chi connectivity index (χ3v) is 8.41. The molecule has 0 bridgehead atoms. The molecular formula is C34H69NO7P+. The second-order valence-corrected chi connectivity index (χ2v) is 14.4. The van der Waals surface area contributed by atoms with E-state index in [1.54, 1.807) is 6.26 Å². The molecule has 0 fully saturated rings. The lowest BCUT2D eigenvalue weighted by molar-refractivity contribution is -0.870. The first kappa shape index (κ1) is 42.1. The van der Waals surface area contributed by atoms with E-state index in [0.29, 0.717) is 17.4 Å². The van der Waals surface area contributed by atoms with Crippen LogP contribution in [0.1, 0.15) is 149 Å². The van der Waals surface area contributed by atoms with Gasteiger partial charge in [0.1, 0.15) is 19.8 Å². The van der Waals surface area contributed by atoms with E-state index < -0.39 is 13.9 Å². The van der Waals surface area contributed by atoms with Gasteiger partial charge in [0.05, 0.1) is 34.0 Å². The minimum absolute atomic E-state index is 0.0522. The first-order chi connectivity index (χ1) is 20.6. The predicted octanol–water partition coefficient (Wildman–Crippen LogP) is 9.50. The highest BCUT2D eigenvalue weighted by molar-refractivity contribution is 7.47. The Labute approximate surface area is 265 Å². The second-order valence-electron chi connectivity index (χ2n) is 13.0. The molecule has 0 saturated carbocycles. The number of rotatable bonds is 32. The van der Waals surface area contributed by atoms with Gasteiger partial charge in [-0.15, -0.1) is 0 Å². The fraction of sp³-hybridized carbons (Fsp3) is 0.912. The van der Waals surface area contributed by atoms with E-state index in [0.717, 1.165) is 32.1 Å². The molecule has 1 N–H and O–H groups in total. The maximum absolute atomic E-state index is 12.5. The zero-order chi connectivity index (χ0) is 32.1. The van der Waals surface area contributed by atoms with Gasteiger partial charge in [-0.05, 0) is 25.3 Å². The number of esters is 1. The number of carbonyl (C=O) groups is 1. The van der Waals surface area contributed by atoms with Crippen LogP contribution in [0.25, 0.3) is 0 Å². The van der Waals surface area contributed by atoms with Crippen LogP contribution in [0.5, 0.6) is 0 Å². The molecule has 8 nitrogen and oxygen atoms in total. The topological polar surface area (TPSA) is 91.3 Å². The Hall–Kier alpha value is -0.920. The highest BCUT2D eigenvalue weighted by Crippen LogP contribution is 2.43. The molecule has 0 saturated heterocycles. The summed E-state index contributed by atoms with van der Waals surface area (Å²) in [6.45, 7) is 4.88. The third-order valence-electron chi connectivity index (χ3n) is 7.42. The van der Waals surface area contributed by atoms with Crippen LogP contribution in [-0.4, -0.2) is 69.0 Å². The van der Waals surface area contributed by atoms with Gasteiger partial charge in [0.25, 0.3) is 0 Å². The van der Waals surface area contributed by atoms with Gasteiger partial charge in [-0.2, -0.15) is 0 Å². The molecule has 0 rings (SSSR count). The van der Waals surface area contributed by atoms with E-state index >= 15 is 0 Å². The van der Waals surface area contributed by atoms with E-state index in [1.807, 2.05) is 27.2 Å². The van der Waals surface area contributed by atoms with Crippen LogP contribution >= 0.6 is 7.82 Å². The quantitative estimate of drug-likeness (QED) is 0.0259. The standard InChI is InChI=1S/C34H68NO7P/c1-6-8-10-12-14-15-16-17-18-19-20-22-24-26-29-39-31-33(32-41-43(37,38)40-30-28-35(3,4)5)42-34(36)27-25-23-21-13-11-9-7-2/h26,29,33H,6-25,27-28,30-32H2,1-5H3/p+1/b29-26+/t33-/m0/s1. The van der Waals surface area contributed by atoms with E-state index in [9.17, 15) is 14.3 Å². The second kappa shape index (κ2) is 28.5. The number of unbranched alkanes of at least 4 members (excludes halogenated alkanes) is 18. The number of carbonyl (C=O) groups excluding carboxylic acids is 1. The van der Waals surface area contributed by atoms with Crippen LogP contribution in [0.15, 0.2) is 12.3 Å². The average molecular weight is 635 g/mol. The summed E-state index contributed by atoms with van der Waals surface area (Å²) in [6.07, 6.45) is 27.7. The van der Waals surface area contributed by atoms with Crippen molar-refractivity contribution < 1.29 is 37.3 Å². The smallest absolute Gasteiger partial charge is 0.472 e. The Morgan fingerprint density at radius 3 is 1.72 bits per heavy atom. The van der Waals surface area contributed by atoms with Crippen molar-refractivity contribution >= 4 is 13.8 Å². The van der Waals surface area contributed by atoms with E-state index in [2.05, 4.69) is 13.8 Å². The van der Waals surface area contributed by atoms with Gasteiger partial charge in [0.2, 0.25) is 0 Å². The summed E-state index contributed by atoms with van der Waals surface area (Å²) in [5.74, 6) is -0.343. The molecule has 1 unspecified atom stereocenters. The number of hydrogen-bond donors (Lipinski definition) is 1. The molecule has 0 aromatic heterocycles. The number of nitrogens with zero attached hydrogens (tertiary/aromatic N) is 1. The van der Waals surface area contributed by atoms with E-state index in [-0.39, 0.29) is 25.8 Å². The summed E-state index contributed by atoms with van der Waals surface area (Å²) in [6, 6.07) is 0. The van der Waals surface area contributed by atoms with Crippen molar-refractivity contribution in [1.82, 2.24) is 0 Å². The molecular weight excluding hydrogens is 565 g/mol. The molecule has 2 atom stereocenters. The Balaban J connectivity index is 4.33. The van der Waals surface area contributed by atoms with Crippen LogP contribution in [0.2, 0.25) is 0 Å². The van der Waals surface area contributed by atoms with Gasteiger partial charge in [-0.3, -0.25) is 13.8 Å². The predicted molar refractivity (Wildman–Crippen MR) is 178 cm³/mol. The number of phosphoric acid groups is 1. The fourth-order valence-electron chi connectivity index (χ4n) is 4.63. The van der Waals surface area contributed by atoms with Crippen LogP contribution in [0, 0.1) is 0 Å². The van der Waals surface area contributed by atoms with Crippen molar-refractivity contribution in [3.05, 3.63) is 12.3 Å². The maximum Gasteiger partial charge on any atom is 0.472 e. The van der Waals surface area contributed by atoms with Crippen molar-refractivity contribution in [3.8, 4) is 0 Å². The molecule has 0 aliphatic carbocycles. The molecule has 256 valence electrons. The molecule has 0 radical (unpaired) electrons. The summed E-state index contributed by atoms with van der Waals surface area (Å²) in [5, 5.41) is 0. The zero-order valence-electron chi connectivity index (χ0n) is 28.7.